The van der Waals surface area contributed by atoms with Crippen molar-refractivity contribution in [3.8, 4) is 0 Å². The zero-order valence-corrected chi connectivity index (χ0v) is 13.4. The number of carbonyl (C=O) groups excluding carboxylic acids is 1. The van der Waals surface area contributed by atoms with Crippen LogP contribution < -0.4 is 4.90 Å². The first-order valence-electron chi connectivity index (χ1n) is 7.96. The van der Waals surface area contributed by atoms with Gasteiger partial charge in [0.15, 0.2) is 5.69 Å². The second-order valence-electron chi connectivity index (χ2n) is 6.17. The lowest BCUT2D eigenvalue weighted by Gasteiger charge is -2.22. The van der Waals surface area contributed by atoms with Crippen LogP contribution in [0.25, 0.3) is 0 Å². The van der Waals surface area contributed by atoms with Crippen LogP contribution >= 0.6 is 0 Å². The summed E-state index contributed by atoms with van der Waals surface area (Å²) >= 11 is 0. The van der Waals surface area contributed by atoms with Crippen LogP contribution in [0, 0.1) is 12.8 Å². The predicted molar refractivity (Wildman–Crippen MR) is 86.2 cm³/mol. The molecule has 0 bridgehead atoms. The van der Waals surface area contributed by atoms with Gasteiger partial charge in [0.2, 0.25) is 0 Å². The second-order valence-corrected chi connectivity index (χ2v) is 6.17. The first-order valence-corrected chi connectivity index (χ1v) is 7.96. The average molecular weight is 298 g/mol. The normalized spacial score (nSPS) is 17.1. The minimum absolute atomic E-state index is 0.0628. The molecule has 0 unspecified atom stereocenters. The third-order valence-corrected chi connectivity index (χ3v) is 4.36. The van der Waals surface area contributed by atoms with Gasteiger partial charge in [0, 0.05) is 24.2 Å². The molecule has 1 aliphatic rings. The molecule has 0 N–H and O–H groups in total. The Balaban J connectivity index is 1.94. The van der Waals surface area contributed by atoms with E-state index >= 15 is 0 Å². The highest BCUT2D eigenvalue weighted by Crippen LogP contribution is 2.29. The number of nitrogens with zero attached hydrogens (tertiary/aromatic N) is 2. The molecule has 0 radical (unpaired) electrons. The van der Waals surface area contributed by atoms with Crippen LogP contribution in [0.15, 0.2) is 28.8 Å². The Morgan fingerprint density at radius 1 is 1.45 bits per heavy atom. The minimum atomic E-state index is -0.0628. The van der Waals surface area contributed by atoms with Gasteiger partial charge in [0.25, 0.3) is 5.91 Å². The molecule has 4 nitrogen and oxygen atoms in total. The molecule has 0 spiro atoms. The highest BCUT2D eigenvalue weighted by molar-refractivity contribution is 6.05. The van der Waals surface area contributed by atoms with Crippen molar-refractivity contribution in [2.24, 2.45) is 5.92 Å². The number of carbonyl (C=O) groups is 1. The number of hydrogen-bond donors (Lipinski definition) is 0. The summed E-state index contributed by atoms with van der Waals surface area (Å²) in [6, 6.07) is 7.99. The molecule has 116 valence electrons. The van der Waals surface area contributed by atoms with E-state index in [-0.39, 0.29) is 5.91 Å². The van der Waals surface area contributed by atoms with Gasteiger partial charge in [0.1, 0.15) is 5.76 Å². The summed E-state index contributed by atoms with van der Waals surface area (Å²) in [6.07, 6.45) is 2.86. The number of amides is 1. The van der Waals surface area contributed by atoms with Crippen LogP contribution in [0.1, 0.15) is 47.6 Å². The van der Waals surface area contributed by atoms with E-state index in [0.717, 1.165) is 41.8 Å². The van der Waals surface area contributed by atoms with Crippen molar-refractivity contribution >= 4 is 11.6 Å². The highest BCUT2D eigenvalue weighted by Gasteiger charge is 2.29. The lowest BCUT2D eigenvalue weighted by Crippen LogP contribution is -2.32. The molecule has 1 aliphatic carbocycles. The lowest BCUT2D eigenvalue weighted by molar-refractivity contribution is 0.0978. The largest absolute Gasteiger partial charge is 0.360 e. The fraction of sp³-hybridized carbons (Fsp3) is 0.444. The number of hydrogen-bond acceptors (Lipinski definition) is 3. The first-order chi connectivity index (χ1) is 10.6. The second kappa shape index (κ2) is 5.95. The Morgan fingerprint density at radius 2 is 2.27 bits per heavy atom. The zero-order valence-electron chi connectivity index (χ0n) is 13.4. The van der Waals surface area contributed by atoms with Crippen LogP contribution in [0.4, 0.5) is 5.69 Å². The predicted octanol–water partition coefficient (Wildman–Crippen LogP) is 3.77. The highest BCUT2D eigenvalue weighted by atomic mass is 16.5. The van der Waals surface area contributed by atoms with E-state index in [1.54, 1.807) is 4.90 Å². The van der Waals surface area contributed by atoms with Crippen molar-refractivity contribution in [2.75, 3.05) is 11.4 Å². The summed E-state index contributed by atoms with van der Waals surface area (Å²) in [5, 5.41) is 4.08. The molecule has 1 amide bonds. The van der Waals surface area contributed by atoms with E-state index in [9.17, 15) is 4.79 Å². The van der Waals surface area contributed by atoms with E-state index in [4.69, 9.17) is 4.52 Å². The van der Waals surface area contributed by atoms with E-state index < -0.39 is 0 Å². The number of aryl methyl sites for hydroxylation is 2. The Morgan fingerprint density at radius 3 is 3.00 bits per heavy atom. The molecule has 22 heavy (non-hydrogen) atoms. The maximum atomic E-state index is 12.9. The summed E-state index contributed by atoms with van der Waals surface area (Å²) in [5.74, 6) is 1.40. The van der Waals surface area contributed by atoms with Gasteiger partial charge >= 0.3 is 0 Å². The van der Waals surface area contributed by atoms with Gasteiger partial charge in [-0.15, -0.1) is 0 Å². The summed E-state index contributed by atoms with van der Waals surface area (Å²) < 4.78 is 5.41. The zero-order chi connectivity index (χ0) is 15.7. The molecular formula is C18H22N2O2. The molecule has 0 fully saturated rings. The minimum Gasteiger partial charge on any atom is -0.360 e. The first kappa shape index (κ1) is 14.8. The summed E-state index contributed by atoms with van der Waals surface area (Å²) in [5.41, 5.74) is 3.55. The maximum absolute atomic E-state index is 12.9. The smallest absolute Gasteiger partial charge is 0.280 e. The van der Waals surface area contributed by atoms with Crippen molar-refractivity contribution in [1.82, 2.24) is 5.16 Å². The van der Waals surface area contributed by atoms with Gasteiger partial charge in [-0.1, -0.05) is 24.2 Å². The number of benzene rings is 1. The third-order valence-electron chi connectivity index (χ3n) is 4.36. The average Bonchev–Trinajstić information content (AvgIpc) is 2.91. The Hall–Kier alpha value is -2.10. The van der Waals surface area contributed by atoms with Crippen molar-refractivity contribution in [3.63, 3.8) is 0 Å². The number of rotatable bonds is 3. The molecule has 2 aromatic rings. The molecule has 0 saturated carbocycles. The fourth-order valence-corrected chi connectivity index (χ4v) is 3.11. The van der Waals surface area contributed by atoms with E-state index in [0.29, 0.717) is 18.2 Å². The van der Waals surface area contributed by atoms with Crippen molar-refractivity contribution in [3.05, 3.63) is 46.8 Å². The van der Waals surface area contributed by atoms with Crippen LogP contribution in [-0.2, 0) is 12.8 Å². The summed E-state index contributed by atoms with van der Waals surface area (Å²) in [7, 11) is 0. The topological polar surface area (TPSA) is 46.3 Å². The fourth-order valence-electron chi connectivity index (χ4n) is 3.11. The molecule has 4 heteroatoms. The van der Waals surface area contributed by atoms with Gasteiger partial charge in [-0.3, -0.25) is 4.79 Å². The number of aromatic nitrogens is 1. The van der Waals surface area contributed by atoms with Crippen LogP contribution in [0.5, 0.6) is 0 Å². The quantitative estimate of drug-likeness (QED) is 0.866. The summed E-state index contributed by atoms with van der Waals surface area (Å²) in [4.78, 5) is 14.7. The van der Waals surface area contributed by atoms with Crippen molar-refractivity contribution in [2.45, 2.75) is 40.0 Å². The van der Waals surface area contributed by atoms with Gasteiger partial charge in [-0.05, 0) is 50.3 Å². The van der Waals surface area contributed by atoms with Crippen molar-refractivity contribution < 1.29 is 9.32 Å². The van der Waals surface area contributed by atoms with Crippen LogP contribution in [0.2, 0.25) is 0 Å². The monoisotopic (exact) mass is 298 g/mol. The Labute approximate surface area is 131 Å². The third kappa shape index (κ3) is 2.65. The van der Waals surface area contributed by atoms with Crippen molar-refractivity contribution in [1.29, 1.82) is 0 Å². The number of anilines is 1. The lowest BCUT2D eigenvalue weighted by atomic mass is 9.88. The van der Waals surface area contributed by atoms with Crippen LogP contribution in [-0.4, -0.2) is 17.6 Å². The van der Waals surface area contributed by atoms with Crippen LogP contribution in [0.3, 0.4) is 0 Å². The molecule has 1 aromatic carbocycles. The molecule has 1 heterocycles. The number of fused-ring (bicyclic) bond motifs is 1. The molecule has 0 saturated heterocycles. The van der Waals surface area contributed by atoms with Gasteiger partial charge in [0.05, 0.1) is 0 Å². The Bertz CT molecular complexity index is 690. The molecule has 1 aromatic heterocycles. The SMILES string of the molecule is CCN(C(=O)c1noc2c1C[C@H](C)CC2)c1cccc(C)c1. The molecule has 3 rings (SSSR count). The van der Waals surface area contributed by atoms with Gasteiger partial charge < -0.3 is 9.42 Å². The van der Waals surface area contributed by atoms with Gasteiger partial charge in [-0.25, -0.2) is 0 Å². The van der Waals surface area contributed by atoms with E-state index in [1.807, 2.05) is 38.1 Å². The van der Waals surface area contributed by atoms with Gasteiger partial charge in [-0.2, -0.15) is 0 Å². The van der Waals surface area contributed by atoms with E-state index in [1.165, 1.54) is 0 Å². The maximum Gasteiger partial charge on any atom is 0.280 e. The molecule has 0 aliphatic heterocycles. The summed E-state index contributed by atoms with van der Waals surface area (Å²) in [6.45, 7) is 6.83. The Kier molecular flexibility index (Phi) is 4.01. The van der Waals surface area contributed by atoms with E-state index in [2.05, 4.69) is 12.1 Å². The molecular weight excluding hydrogens is 276 g/mol. The molecule has 1 atom stereocenters. The standard InChI is InChI=1S/C18H22N2O2/c1-4-20(14-7-5-6-12(2)10-14)18(21)17-15-11-13(3)8-9-16(15)22-19-17/h5-7,10,13H,4,8-9,11H2,1-3H3/t13-/m1/s1.